The van der Waals surface area contributed by atoms with Gasteiger partial charge in [0, 0.05) is 6.20 Å². The molecule has 0 aliphatic rings. The maximum absolute atomic E-state index is 12.5. The topological polar surface area (TPSA) is 50.7 Å². The van der Waals surface area contributed by atoms with E-state index >= 15 is 0 Å². The Hall–Kier alpha value is -2.27. The van der Waals surface area contributed by atoms with Crippen molar-refractivity contribution in [3.8, 4) is 5.69 Å². The molecule has 3 aromatic rings. The molecule has 4 nitrogen and oxygen atoms in total. The van der Waals surface area contributed by atoms with Gasteiger partial charge >= 0.3 is 0 Å². The van der Waals surface area contributed by atoms with Gasteiger partial charge in [0.15, 0.2) is 4.77 Å². The second-order valence-corrected chi connectivity index (χ2v) is 4.72. The number of H-pyrrole nitrogens is 1. The van der Waals surface area contributed by atoms with E-state index in [9.17, 15) is 4.79 Å². The first-order valence-corrected chi connectivity index (χ1v) is 6.24. The van der Waals surface area contributed by atoms with Crippen molar-refractivity contribution in [2.45, 2.75) is 6.92 Å². The normalized spacial score (nSPS) is 10.8. The van der Waals surface area contributed by atoms with Gasteiger partial charge < -0.3 is 4.98 Å². The van der Waals surface area contributed by atoms with E-state index in [-0.39, 0.29) is 5.56 Å². The van der Waals surface area contributed by atoms with Crippen LogP contribution in [0.15, 0.2) is 47.5 Å². The monoisotopic (exact) mass is 269 g/mol. The van der Waals surface area contributed by atoms with Gasteiger partial charge in [-0.15, -0.1) is 0 Å². The largest absolute Gasteiger partial charge is 0.331 e. The molecule has 0 amide bonds. The van der Waals surface area contributed by atoms with Gasteiger partial charge in [0.25, 0.3) is 5.56 Å². The first-order valence-electron chi connectivity index (χ1n) is 5.83. The molecular formula is C14H11N3OS. The average Bonchev–Trinajstić information content (AvgIpc) is 2.39. The maximum Gasteiger partial charge on any atom is 0.266 e. The van der Waals surface area contributed by atoms with Crippen LogP contribution < -0.4 is 5.56 Å². The van der Waals surface area contributed by atoms with E-state index in [2.05, 4.69) is 9.97 Å². The summed E-state index contributed by atoms with van der Waals surface area (Å²) < 4.78 is 1.84. The predicted octanol–water partition coefficient (Wildman–Crippen LogP) is 2.75. The fraction of sp³-hybridized carbons (Fsp3) is 0.0714. The first-order chi connectivity index (χ1) is 9.16. The Bertz CT molecular complexity index is 879. The number of hydrogen-bond acceptors (Lipinski definition) is 3. The third-order valence-electron chi connectivity index (χ3n) is 2.92. The number of fused-ring (bicyclic) bond motifs is 1. The van der Waals surface area contributed by atoms with Gasteiger partial charge in [-0.1, -0.05) is 12.1 Å². The molecule has 0 saturated heterocycles. The number of benzene rings is 1. The number of para-hydroxylation sites is 1. The summed E-state index contributed by atoms with van der Waals surface area (Å²) in [5.74, 6) is 0. The fourth-order valence-corrected chi connectivity index (χ4v) is 2.36. The summed E-state index contributed by atoms with van der Waals surface area (Å²) in [6.07, 6.45) is 3.37. The molecule has 5 heteroatoms. The molecule has 0 aliphatic carbocycles. The van der Waals surface area contributed by atoms with Gasteiger partial charge in [-0.25, -0.2) is 0 Å². The summed E-state index contributed by atoms with van der Waals surface area (Å²) in [7, 11) is 0. The quantitative estimate of drug-likeness (QED) is 0.691. The second-order valence-electron chi connectivity index (χ2n) is 4.34. The number of pyridine rings is 1. The lowest BCUT2D eigenvalue weighted by Crippen LogP contribution is -2.20. The molecule has 1 N–H and O–H groups in total. The van der Waals surface area contributed by atoms with Crippen molar-refractivity contribution in [3.63, 3.8) is 0 Å². The van der Waals surface area contributed by atoms with Gasteiger partial charge in [-0.3, -0.25) is 14.3 Å². The van der Waals surface area contributed by atoms with Crippen LogP contribution in [0, 0.1) is 11.7 Å². The smallest absolute Gasteiger partial charge is 0.266 e. The summed E-state index contributed by atoms with van der Waals surface area (Å²) in [6.45, 7) is 1.93. The van der Waals surface area contributed by atoms with E-state index in [0.29, 0.717) is 15.8 Å². The highest BCUT2D eigenvalue weighted by molar-refractivity contribution is 7.71. The molecule has 1 aromatic carbocycles. The van der Waals surface area contributed by atoms with Crippen LogP contribution >= 0.6 is 12.2 Å². The summed E-state index contributed by atoms with van der Waals surface area (Å²) in [4.78, 5) is 19.7. The Balaban J connectivity index is 2.42. The SMILES string of the molecule is Cc1cncc(-n2c(=S)[nH]c3ccccc3c2=O)c1. The molecule has 0 aliphatic heterocycles. The van der Waals surface area contributed by atoms with E-state index in [1.54, 1.807) is 18.5 Å². The van der Waals surface area contributed by atoms with Crippen LogP contribution in [0.25, 0.3) is 16.6 Å². The predicted molar refractivity (Wildman–Crippen MR) is 77.3 cm³/mol. The highest BCUT2D eigenvalue weighted by atomic mass is 32.1. The molecule has 0 unspecified atom stereocenters. The van der Waals surface area contributed by atoms with Crippen molar-refractivity contribution in [3.05, 3.63) is 63.4 Å². The lowest BCUT2D eigenvalue weighted by atomic mass is 10.2. The zero-order chi connectivity index (χ0) is 13.4. The standard InChI is InChI=1S/C14H11N3OS/c1-9-6-10(8-15-7-9)17-13(18)11-4-2-3-5-12(11)16-14(17)19/h2-8H,1H3,(H,16,19). The molecule has 3 rings (SSSR count). The van der Waals surface area contributed by atoms with Crippen molar-refractivity contribution < 1.29 is 0 Å². The van der Waals surface area contributed by atoms with E-state index in [1.165, 1.54) is 4.57 Å². The minimum atomic E-state index is -0.133. The molecule has 2 aromatic heterocycles. The number of aryl methyl sites for hydroxylation is 1. The van der Waals surface area contributed by atoms with Crippen molar-refractivity contribution in [1.82, 2.24) is 14.5 Å². The molecule has 0 spiro atoms. The Kier molecular flexibility index (Phi) is 2.76. The molecule has 0 bridgehead atoms. The van der Waals surface area contributed by atoms with Gasteiger partial charge in [-0.05, 0) is 42.9 Å². The third-order valence-corrected chi connectivity index (χ3v) is 3.21. The molecule has 94 valence electrons. The van der Waals surface area contributed by atoms with E-state index in [0.717, 1.165) is 11.1 Å². The number of nitrogens with one attached hydrogen (secondary N) is 1. The van der Waals surface area contributed by atoms with E-state index < -0.39 is 0 Å². The summed E-state index contributed by atoms with van der Waals surface area (Å²) in [5, 5.41) is 0.609. The second kappa shape index (κ2) is 4.44. The van der Waals surface area contributed by atoms with Crippen LogP contribution in [0.5, 0.6) is 0 Å². The summed E-state index contributed by atoms with van der Waals surface area (Å²) >= 11 is 5.27. The summed E-state index contributed by atoms with van der Waals surface area (Å²) in [6, 6.07) is 9.20. The molecule has 2 heterocycles. The van der Waals surface area contributed by atoms with Crippen LogP contribution in [0.1, 0.15) is 5.56 Å². The number of rotatable bonds is 1. The van der Waals surface area contributed by atoms with E-state index in [4.69, 9.17) is 12.2 Å². The molecule has 0 saturated carbocycles. The molecule has 0 atom stereocenters. The highest BCUT2D eigenvalue weighted by Gasteiger charge is 2.07. The zero-order valence-electron chi connectivity index (χ0n) is 10.3. The Labute approximate surface area is 114 Å². The third kappa shape index (κ3) is 1.98. The van der Waals surface area contributed by atoms with Gasteiger partial charge in [0.1, 0.15) is 0 Å². The van der Waals surface area contributed by atoms with Crippen LogP contribution in [-0.2, 0) is 0 Å². The van der Waals surface area contributed by atoms with Gasteiger partial charge in [0.05, 0.1) is 22.8 Å². The lowest BCUT2D eigenvalue weighted by Gasteiger charge is -2.08. The zero-order valence-corrected chi connectivity index (χ0v) is 11.1. The average molecular weight is 269 g/mol. The van der Waals surface area contributed by atoms with Crippen LogP contribution in [0.2, 0.25) is 0 Å². The number of hydrogen-bond donors (Lipinski definition) is 1. The van der Waals surface area contributed by atoms with Crippen molar-refractivity contribution >= 4 is 23.1 Å². The number of aromatic nitrogens is 3. The fourth-order valence-electron chi connectivity index (χ4n) is 2.06. The minimum Gasteiger partial charge on any atom is -0.331 e. The van der Waals surface area contributed by atoms with Crippen LogP contribution in [0.3, 0.4) is 0 Å². The van der Waals surface area contributed by atoms with Crippen LogP contribution in [-0.4, -0.2) is 14.5 Å². The van der Waals surface area contributed by atoms with Crippen molar-refractivity contribution in [1.29, 1.82) is 0 Å². The van der Waals surface area contributed by atoms with Gasteiger partial charge in [0.2, 0.25) is 0 Å². The lowest BCUT2D eigenvalue weighted by molar-refractivity contribution is 0.929. The minimum absolute atomic E-state index is 0.133. The first kappa shape index (κ1) is 11.8. The molecule has 0 fully saturated rings. The maximum atomic E-state index is 12.5. The number of nitrogens with zero attached hydrogens (tertiary/aromatic N) is 2. The van der Waals surface area contributed by atoms with E-state index in [1.807, 2.05) is 31.2 Å². The molecule has 19 heavy (non-hydrogen) atoms. The highest BCUT2D eigenvalue weighted by Crippen LogP contribution is 2.10. The number of aromatic amines is 1. The van der Waals surface area contributed by atoms with Crippen molar-refractivity contribution in [2.24, 2.45) is 0 Å². The summed E-state index contributed by atoms with van der Waals surface area (Å²) in [5.41, 5.74) is 2.27. The Morgan fingerprint density at radius 1 is 1.26 bits per heavy atom. The molecule has 0 radical (unpaired) electrons. The Morgan fingerprint density at radius 3 is 2.84 bits per heavy atom. The Morgan fingerprint density at radius 2 is 2.05 bits per heavy atom. The van der Waals surface area contributed by atoms with Crippen LogP contribution in [0.4, 0.5) is 0 Å². The van der Waals surface area contributed by atoms with Crippen molar-refractivity contribution in [2.75, 3.05) is 0 Å². The molecular weight excluding hydrogens is 258 g/mol. The van der Waals surface area contributed by atoms with Gasteiger partial charge in [-0.2, -0.15) is 0 Å².